The molecule has 0 aromatic rings. The van der Waals surface area contributed by atoms with E-state index in [1.165, 1.54) is 93.3 Å². The highest BCUT2D eigenvalue weighted by atomic mass is 79.9. The lowest BCUT2D eigenvalue weighted by molar-refractivity contribution is 0.00694. The van der Waals surface area contributed by atoms with E-state index in [-0.39, 0.29) is 5.60 Å². The maximum Gasteiger partial charge on any atom is 0.0684 e. The molecular formula is C28H52Br2O. The van der Waals surface area contributed by atoms with Crippen molar-refractivity contribution in [2.45, 2.75) is 117 Å². The van der Waals surface area contributed by atoms with E-state index in [1.807, 2.05) is 0 Å². The molecule has 2 aliphatic rings. The van der Waals surface area contributed by atoms with E-state index in [0.717, 1.165) is 30.3 Å². The Labute approximate surface area is 212 Å². The molecule has 0 amide bonds. The molecule has 0 unspecified atom stereocenters. The summed E-state index contributed by atoms with van der Waals surface area (Å²) in [5, 5.41) is 2.34. The molecule has 31 heavy (non-hydrogen) atoms. The quantitative estimate of drug-likeness (QED) is 0.190. The van der Waals surface area contributed by atoms with Crippen molar-refractivity contribution in [3.05, 3.63) is 12.2 Å². The van der Waals surface area contributed by atoms with E-state index < -0.39 is 0 Å². The van der Waals surface area contributed by atoms with E-state index in [1.54, 1.807) is 0 Å². The molecule has 184 valence electrons. The monoisotopic (exact) mass is 562 g/mol. The normalized spacial score (nSPS) is 27.0. The van der Waals surface area contributed by atoms with Crippen LogP contribution in [0.25, 0.3) is 0 Å². The Kier molecular flexibility index (Phi) is 15.6. The molecule has 0 aromatic heterocycles. The molecule has 0 aromatic carbocycles. The summed E-state index contributed by atoms with van der Waals surface area (Å²) in [4.78, 5) is 0. The average molecular weight is 565 g/mol. The molecule has 3 heteroatoms. The van der Waals surface area contributed by atoms with E-state index in [9.17, 15) is 0 Å². The first-order valence-corrected chi connectivity index (χ1v) is 15.4. The second-order valence-electron chi connectivity index (χ2n) is 11.2. The van der Waals surface area contributed by atoms with Crippen molar-refractivity contribution in [3.63, 3.8) is 0 Å². The lowest BCUT2D eigenvalue weighted by atomic mass is 9.76. The van der Waals surface area contributed by atoms with Gasteiger partial charge in [-0.3, -0.25) is 0 Å². The summed E-state index contributed by atoms with van der Waals surface area (Å²) in [5.41, 5.74) is 1.28. The third-order valence-corrected chi connectivity index (χ3v) is 9.13. The van der Waals surface area contributed by atoms with Crippen molar-refractivity contribution in [1.29, 1.82) is 0 Å². The molecule has 0 aliphatic heterocycles. The SMILES string of the molecule is C=C(COC(C)(C)C)C1CCC(CCC)CC1.CCCC1CCC(C(CBr)CBr)CC1. The van der Waals surface area contributed by atoms with Crippen LogP contribution in [-0.2, 0) is 4.74 Å². The third-order valence-electron chi connectivity index (χ3n) is 7.46. The predicted octanol–water partition coefficient (Wildman–Crippen LogP) is 9.96. The molecular weight excluding hydrogens is 512 g/mol. The number of halogens is 2. The van der Waals surface area contributed by atoms with Gasteiger partial charge in [-0.15, -0.1) is 0 Å². The Morgan fingerprint density at radius 3 is 1.68 bits per heavy atom. The van der Waals surface area contributed by atoms with Crippen LogP contribution in [0, 0.1) is 29.6 Å². The number of alkyl halides is 2. The summed E-state index contributed by atoms with van der Waals surface area (Å²) in [7, 11) is 0. The molecule has 0 saturated heterocycles. The van der Waals surface area contributed by atoms with Crippen molar-refractivity contribution in [3.8, 4) is 0 Å². The van der Waals surface area contributed by atoms with Gasteiger partial charge < -0.3 is 4.74 Å². The highest BCUT2D eigenvalue weighted by Gasteiger charge is 2.26. The van der Waals surface area contributed by atoms with Crippen LogP contribution in [0.4, 0.5) is 0 Å². The minimum Gasteiger partial charge on any atom is -0.372 e. The third kappa shape index (κ3) is 12.6. The zero-order chi connectivity index (χ0) is 23.3. The van der Waals surface area contributed by atoms with Crippen LogP contribution in [0.3, 0.4) is 0 Å². The van der Waals surface area contributed by atoms with Crippen molar-refractivity contribution in [2.75, 3.05) is 17.3 Å². The summed E-state index contributed by atoms with van der Waals surface area (Å²) in [6, 6.07) is 0. The topological polar surface area (TPSA) is 9.23 Å². The molecule has 2 saturated carbocycles. The Hall–Kier alpha value is 0.660. The van der Waals surface area contributed by atoms with Crippen LogP contribution in [0.2, 0.25) is 0 Å². The van der Waals surface area contributed by atoms with Gasteiger partial charge in [-0.1, -0.05) is 90.8 Å². The largest absolute Gasteiger partial charge is 0.372 e. The van der Waals surface area contributed by atoms with Gasteiger partial charge in [0.25, 0.3) is 0 Å². The van der Waals surface area contributed by atoms with Gasteiger partial charge >= 0.3 is 0 Å². The van der Waals surface area contributed by atoms with Crippen LogP contribution in [0.5, 0.6) is 0 Å². The van der Waals surface area contributed by atoms with Crippen LogP contribution in [0.15, 0.2) is 12.2 Å². The van der Waals surface area contributed by atoms with Gasteiger partial charge in [0.05, 0.1) is 12.2 Å². The first-order valence-electron chi connectivity index (χ1n) is 13.2. The van der Waals surface area contributed by atoms with Gasteiger partial charge in [0, 0.05) is 10.7 Å². The first-order chi connectivity index (χ1) is 14.7. The minimum atomic E-state index is -0.0393. The Balaban J connectivity index is 0.000000316. The lowest BCUT2D eigenvalue weighted by Gasteiger charge is -2.32. The number of hydrogen-bond donors (Lipinski definition) is 0. The first kappa shape index (κ1) is 29.7. The second-order valence-corrected chi connectivity index (χ2v) is 12.5. The molecule has 0 spiro atoms. The van der Waals surface area contributed by atoms with E-state index in [2.05, 4.69) is 73.1 Å². The molecule has 0 heterocycles. The van der Waals surface area contributed by atoms with Gasteiger partial charge in [0.1, 0.15) is 0 Å². The Bertz CT molecular complexity index is 450. The Morgan fingerprint density at radius 2 is 1.29 bits per heavy atom. The van der Waals surface area contributed by atoms with Crippen molar-refractivity contribution >= 4 is 31.9 Å². The summed E-state index contributed by atoms with van der Waals surface area (Å²) in [6.45, 7) is 15.9. The van der Waals surface area contributed by atoms with Crippen LogP contribution < -0.4 is 0 Å². The fraction of sp³-hybridized carbons (Fsp3) is 0.929. The summed E-state index contributed by atoms with van der Waals surface area (Å²) < 4.78 is 5.82. The minimum absolute atomic E-state index is 0.0393. The second kappa shape index (κ2) is 16.3. The zero-order valence-electron chi connectivity index (χ0n) is 21.4. The Morgan fingerprint density at radius 1 is 0.839 bits per heavy atom. The van der Waals surface area contributed by atoms with E-state index >= 15 is 0 Å². The zero-order valence-corrected chi connectivity index (χ0v) is 24.5. The van der Waals surface area contributed by atoms with Crippen molar-refractivity contribution in [2.24, 2.45) is 29.6 Å². The molecule has 1 nitrogen and oxygen atoms in total. The number of ether oxygens (including phenoxy) is 1. The van der Waals surface area contributed by atoms with Crippen LogP contribution in [0.1, 0.15) is 112 Å². The van der Waals surface area contributed by atoms with Gasteiger partial charge in [-0.25, -0.2) is 0 Å². The smallest absolute Gasteiger partial charge is 0.0684 e. The molecule has 2 aliphatic carbocycles. The maximum atomic E-state index is 5.82. The van der Waals surface area contributed by atoms with Crippen molar-refractivity contribution < 1.29 is 4.74 Å². The average Bonchev–Trinajstić information content (AvgIpc) is 2.75. The standard InChI is InChI=1S/C16H30O.C12H22Br2/c1-6-7-14-8-10-15(11-9-14)13(2)12-17-16(3,4)5;1-2-3-10-4-6-11(7-5-10)12(8-13)9-14/h14-15H,2,6-12H2,1,3-5H3;10-12H,2-9H2,1H3. The molecule has 0 atom stereocenters. The van der Waals surface area contributed by atoms with E-state index in [0.29, 0.717) is 5.92 Å². The van der Waals surface area contributed by atoms with Gasteiger partial charge in [0.2, 0.25) is 0 Å². The maximum absolute atomic E-state index is 5.82. The predicted molar refractivity (Wildman–Crippen MR) is 147 cm³/mol. The fourth-order valence-corrected chi connectivity index (χ4v) is 7.47. The number of rotatable bonds is 10. The summed E-state index contributed by atoms with van der Waals surface area (Å²) >= 11 is 7.25. The molecule has 2 fully saturated rings. The van der Waals surface area contributed by atoms with E-state index in [4.69, 9.17) is 4.74 Å². The van der Waals surface area contributed by atoms with Crippen LogP contribution >= 0.6 is 31.9 Å². The summed E-state index contributed by atoms with van der Waals surface area (Å²) in [5.74, 6) is 4.57. The molecule has 0 radical (unpaired) electrons. The van der Waals surface area contributed by atoms with Gasteiger partial charge in [0.15, 0.2) is 0 Å². The van der Waals surface area contributed by atoms with Gasteiger partial charge in [-0.05, 0) is 94.5 Å². The van der Waals surface area contributed by atoms with Crippen molar-refractivity contribution in [1.82, 2.24) is 0 Å². The highest BCUT2D eigenvalue weighted by Crippen LogP contribution is 2.37. The lowest BCUT2D eigenvalue weighted by Crippen LogP contribution is -2.24. The highest BCUT2D eigenvalue weighted by molar-refractivity contribution is 9.09. The molecule has 0 N–H and O–H groups in total. The molecule has 2 rings (SSSR count). The number of hydrogen-bond acceptors (Lipinski definition) is 1. The molecule has 0 bridgehead atoms. The van der Waals surface area contributed by atoms with Gasteiger partial charge in [-0.2, -0.15) is 0 Å². The van der Waals surface area contributed by atoms with Crippen LogP contribution in [-0.4, -0.2) is 22.9 Å². The summed E-state index contributed by atoms with van der Waals surface area (Å²) in [6.07, 6.45) is 16.9. The fourth-order valence-electron chi connectivity index (χ4n) is 5.34.